The zero-order valence-electron chi connectivity index (χ0n) is 10.9. The van der Waals surface area contributed by atoms with Gasteiger partial charge < -0.3 is 9.84 Å². The van der Waals surface area contributed by atoms with Gasteiger partial charge in [0.2, 0.25) is 0 Å². The standard InChI is InChI=1S/C11H20N2O5S/c1-8-2-4-13(5-3-8)19(16,17)12-10-7-18-6-9(10)11(14)15/h8-10,12H,2-7H2,1H3,(H,14,15). The molecule has 0 aromatic heterocycles. The second-order valence-electron chi connectivity index (χ2n) is 5.29. The van der Waals surface area contributed by atoms with Crippen LogP contribution in [0.25, 0.3) is 0 Å². The van der Waals surface area contributed by atoms with Crippen LogP contribution in [0.3, 0.4) is 0 Å². The van der Waals surface area contributed by atoms with Crippen molar-refractivity contribution in [3.05, 3.63) is 0 Å². The summed E-state index contributed by atoms with van der Waals surface area (Å²) in [6, 6.07) is -0.679. The molecule has 0 saturated carbocycles. The maximum absolute atomic E-state index is 12.2. The molecule has 2 N–H and O–H groups in total. The maximum atomic E-state index is 12.2. The lowest BCUT2D eigenvalue weighted by molar-refractivity contribution is -0.142. The highest BCUT2D eigenvalue weighted by Gasteiger charge is 2.38. The maximum Gasteiger partial charge on any atom is 0.310 e. The molecule has 2 unspecified atom stereocenters. The first-order chi connectivity index (χ1) is 8.90. The van der Waals surface area contributed by atoms with E-state index < -0.39 is 28.1 Å². The number of rotatable bonds is 4. The molecule has 110 valence electrons. The van der Waals surface area contributed by atoms with Gasteiger partial charge in [0.25, 0.3) is 10.2 Å². The number of hydrogen-bond donors (Lipinski definition) is 2. The summed E-state index contributed by atoms with van der Waals surface area (Å²) in [5.74, 6) is -1.30. The fraction of sp³-hybridized carbons (Fsp3) is 0.909. The first kappa shape index (κ1) is 14.7. The van der Waals surface area contributed by atoms with Crippen LogP contribution in [0.2, 0.25) is 0 Å². The molecular weight excluding hydrogens is 272 g/mol. The van der Waals surface area contributed by atoms with Gasteiger partial charge in [-0.2, -0.15) is 17.4 Å². The second kappa shape index (κ2) is 5.74. The van der Waals surface area contributed by atoms with E-state index in [2.05, 4.69) is 11.6 Å². The van der Waals surface area contributed by atoms with Gasteiger partial charge in [0, 0.05) is 13.1 Å². The van der Waals surface area contributed by atoms with Crippen LogP contribution in [0.1, 0.15) is 19.8 Å². The van der Waals surface area contributed by atoms with Crippen LogP contribution in [0.5, 0.6) is 0 Å². The molecule has 0 amide bonds. The number of carbonyl (C=O) groups is 1. The Hall–Kier alpha value is -0.700. The topological polar surface area (TPSA) is 95.9 Å². The van der Waals surface area contributed by atoms with E-state index in [1.54, 1.807) is 0 Å². The van der Waals surface area contributed by atoms with Crippen molar-refractivity contribution in [1.29, 1.82) is 0 Å². The Labute approximate surface area is 113 Å². The molecule has 0 aromatic carbocycles. The minimum atomic E-state index is -3.62. The summed E-state index contributed by atoms with van der Waals surface area (Å²) in [6.07, 6.45) is 1.68. The Morgan fingerprint density at radius 3 is 2.53 bits per heavy atom. The summed E-state index contributed by atoms with van der Waals surface area (Å²) in [5, 5.41) is 9.00. The number of carboxylic acids is 1. The minimum absolute atomic E-state index is 0.0551. The Morgan fingerprint density at radius 2 is 1.95 bits per heavy atom. The smallest absolute Gasteiger partial charge is 0.310 e. The number of piperidine rings is 1. The second-order valence-corrected chi connectivity index (χ2v) is 7.00. The third-order valence-electron chi connectivity index (χ3n) is 3.78. The van der Waals surface area contributed by atoms with E-state index >= 15 is 0 Å². The van der Waals surface area contributed by atoms with Crippen LogP contribution in [-0.4, -0.2) is 56.1 Å². The third kappa shape index (κ3) is 3.44. The van der Waals surface area contributed by atoms with E-state index in [1.165, 1.54) is 4.31 Å². The predicted octanol–water partition coefficient (Wildman–Crippen LogP) is -0.348. The first-order valence-electron chi connectivity index (χ1n) is 6.48. The minimum Gasteiger partial charge on any atom is -0.481 e. The molecule has 0 radical (unpaired) electrons. The Balaban J connectivity index is 1.99. The lowest BCUT2D eigenvalue weighted by Crippen LogP contribution is -2.51. The van der Waals surface area contributed by atoms with Crippen molar-refractivity contribution in [2.24, 2.45) is 11.8 Å². The van der Waals surface area contributed by atoms with Gasteiger partial charge in [-0.05, 0) is 18.8 Å². The summed E-state index contributed by atoms with van der Waals surface area (Å²) in [5.41, 5.74) is 0. The molecule has 0 aromatic rings. The van der Waals surface area contributed by atoms with Crippen LogP contribution in [0.4, 0.5) is 0 Å². The van der Waals surface area contributed by atoms with Gasteiger partial charge in [0.15, 0.2) is 0 Å². The van der Waals surface area contributed by atoms with Crippen LogP contribution in [-0.2, 0) is 19.7 Å². The van der Waals surface area contributed by atoms with E-state index in [9.17, 15) is 13.2 Å². The summed E-state index contributed by atoms with van der Waals surface area (Å²) < 4.78 is 33.3. The van der Waals surface area contributed by atoms with Crippen molar-refractivity contribution in [2.45, 2.75) is 25.8 Å². The van der Waals surface area contributed by atoms with E-state index in [4.69, 9.17) is 9.84 Å². The lowest BCUT2D eigenvalue weighted by Gasteiger charge is -2.30. The van der Waals surface area contributed by atoms with Gasteiger partial charge in [0.1, 0.15) is 0 Å². The van der Waals surface area contributed by atoms with E-state index in [-0.39, 0.29) is 13.2 Å². The number of nitrogens with zero attached hydrogens (tertiary/aromatic N) is 1. The van der Waals surface area contributed by atoms with Crippen LogP contribution < -0.4 is 4.72 Å². The highest BCUT2D eigenvalue weighted by atomic mass is 32.2. The largest absolute Gasteiger partial charge is 0.481 e. The highest BCUT2D eigenvalue weighted by Crippen LogP contribution is 2.20. The summed E-state index contributed by atoms with van der Waals surface area (Å²) in [4.78, 5) is 11.0. The fourth-order valence-electron chi connectivity index (χ4n) is 2.40. The number of hydrogen-bond acceptors (Lipinski definition) is 4. The van der Waals surface area contributed by atoms with Crippen LogP contribution in [0.15, 0.2) is 0 Å². The molecule has 8 heteroatoms. The van der Waals surface area contributed by atoms with Crippen LogP contribution in [0, 0.1) is 11.8 Å². The van der Waals surface area contributed by atoms with E-state index in [0.717, 1.165) is 12.8 Å². The molecule has 0 spiro atoms. The van der Waals surface area contributed by atoms with Crippen molar-refractivity contribution in [3.8, 4) is 0 Å². The molecule has 2 saturated heterocycles. The Bertz CT molecular complexity index is 430. The fourth-order valence-corrected chi connectivity index (χ4v) is 3.86. The third-order valence-corrected chi connectivity index (χ3v) is 5.43. The predicted molar refractivity (Wildman–Crippen MR) is 67.8 cm³/mol. The number of ether oxygens (including phenoxy) is 1. The van der Waals surface area contributed by atoms with Crippen molar-refractivity contribution in [1.82, 2.24) is 9.03 Å². The Kier molecular flexibility index (Phi) is 4.44. The highest BCUT2D eigenvalue weighted by molar-refractivity contribution is 7.87. The van der Waals surface area contributed by atoms with Gasteiger partial charge in [-0.3, -0.25) is 4.79 Å². The van der Waals surface area contributed by atoms with Crippen molar-refractivity contribution >= 4 is 16.2 Å². The monoisotopic (exact) mass is 292 g/mol. The molecule has 2 atom stereocenters. The molecule has 2 aliphatic heterocycles. The van der Waals surface area contributed by atoms with E-state index in [1.807, 2.05) is 0 Å². The molecule has 2 fully saturated rings. The molecule has 0 aliphatic carbocycles. The number of nitrogens with one attached hydrogen (secondary N) is 1. The number of aliphatic carboxylic acids is 1. The zero-order valence-corrected chi connectivity index (χ0v) is 11.7. The first-order valence-corrected chi connectivity index (χ1v) is 7.92. The molecule has 7 nitrogen and oxygen atoms in total. The van der Waals surface area contributed by atoms with Gasteiger partial charge in [0.05, 0.1) is 25.2 Å². The summed E-state index contributed by atoms with van der Waals surface area (Å²) in [7, 11) is -3.62. The van der Waals surface area contributed by atoms with Crippen molar-refractivity contribution in [2.75, 3.05) is 26.3 Å². The van der Waals surface area contributed by atoms with E-state index in [0.29, 0.717) is 19.0 Å². The quantitative estimate of drug-likeness (QED) is 0.738. The number of carboxylic acid groups (broad SMARTS) is 1. The average Bonchev–Trinajstić information content (AvgIpc) is 2.77. The average molecular weight is 292 g/mol. The van der Waals surface area contributed by atoms with Crippen LogP contribution >= 0.6 is 0 Å². The summed E-state index contributed by atoms with van der Waals surface area (Å²) >= 11 is 0. The molecular formula is C11H20N2O5S. The Morgan fingerprint density at radius 1 is 1.32 bits per heavy atom. The zero-order chi connectivity index (χ0) is 14.0. The molecule has 19 heavy (non-hydrogen) atoms. The molecule has 2 aliphatic rings. The molecule has 2 heterocycles. The van der Waals surface area contributed by atoms with Gasteiger partial charge >= 0.3 is 5.97 Å². The van der Waals surface area contributed by atoms with Crippen molar-refractivity contribution in [3.63, 3.8) is 0 Å². The van der Waals surface area contributed by atoms with Crippen molar-refractivity contribution < 1.29 is 23.1 Å². The normalized spacial score (nSPS) is 30.6. The van der Waals surface area contributed by atoms with Gasteiger partial charge in [-0.15, -0.1) is 0 Å². The molecule has 2 rings (SSSR count). The summed E-state index contributed by atoms with van der Waals surface area (Å²) in [6.45, 7) is 3.24. The molecule has 0 bridgehead atoms. The van der Waals surface area contributed by atoms with Gasteiger partial charge in [-0.25, -0.2) is 0 Å². The lowest BCUT2D eigenvalue weighted by atomic mass is 10.0. The SMILES string of the molecule is CC1CCN(S(=O)(=O)NC2COCC2C(=O)O)CC1. The van der Waals surface area contributed by atoms with Gasteiger partial charge in [-0.1, -0.05) is 6.92 Å².